The van der Waals surface area contributed by atoms with E-state index >= 15 is 0 Å². The first-order valence-electron chi connectivity index (χ1n) is 7.55. The lowest BCUT2D eigenvalue weighted by Gasteiger charge is -2.27. The highest BCUT2D eigenvalue weighted by Crippen LogP contribution is 2.38. The van der Waals surface area contributed by atoms with Gasteiger partial charge >= 0.3 is 0 Å². The summed E-state index contributed by atoms with van der Waals surface area (Å²) in [5.74, 6) is 0.864. The van der Waals surface area contributed by atoms with E-state index in [1.165, 1.54) is 11.1 Å². The van der Waals surface area contributed by atoms with Crippen molar-refractivity contribution < 1.29 is 4.79 Å². The van der Waals surface area contributed by atoms with Crippen molar-refractivity contribution in [3.05, 3.63) is 35.4 Å². The molecule has 0 radical (unpaired) electrons. The fourth-order valence-corrected chi connectivity index (χ4v) is 3.20. The molecule has 1 amide bonds. The third-order valence-electron chi connectivity index (χ3n) is 4.20. The minimum absolute atomic E-state index is 0.149. The smallest absolute Gasteiger partial charge is 0.226 e. The molecule has 0 saturated carbocycles. The number of hydrogen-bond acceptors (Lipinski definition) is 1. The van der Waals surface area contributed by atoms with Crippen LogP contribution in [0.5, 0.6) is 0 Å². The summed E-state index contributed by atoms with van der Waals surface area (Å²) in [6.07, 6.45) is 3.00. The number of carbonyl (C=O) groups is 1. The van der Waals surface area contributed by atoms with E-state index in [4.69, 9.17) is 0 Å². The highest BCUT2D eigenvalue weighted by molar-refractivity contribution is 5.81. The van der Waals surface area contributed by atoms with Crippen LogP contribution in [0.15, 0.2) is 24.3 Å². The average Bonchev–Trinajstić information content (AvgIpc) is 2.76. The Kier molecular flexibility index (Phi) is 4.62. The molecule has 0 aromatic heterocycles. The Labute approximate surface area is 116 Å². The molecule has 2 heteroatoms. The van der Waals surface area contributed by atoms with Crippen molar-refractivity contribution in [1.82, 2.24) is 4.90 Å². The minimum atomic E-state index is 0.149. The zero-order valence-corrected chi connectivity index (χ0v) is 12.4. The first kappa shape index (κ1) is 14.1. The third-order valence-corrected chi connectivity index (χ3v) is 4.20. The molecular formula is C17H25NO. The highest BCUT2D eigenvalue weighted by atomic mass is 16.2. The van der Waals surface area contributed by atoms with Crippen molar-refractivity contribution in [2.75, 3.05) is 13.1 Å². The maximum absolute atomic E-state index is 12.7. The van der Waals surface area contributed by atoms with Crippen LogP contribution in [0.2, 0.25) is 0 Å². The van der Waals surface area contributed by atoms with Crippen LogP contribution in [-0.4, -0.2) is 23.9 Å². The molecule has 19 heavy (non-hydrogen) atoms. The van der Waals surface area contributed by atoms with Gasteiger partial charge in [-0.1, -0.05) is 45.0 Å². The fraction of sp³-hybridized carbons (Fsp3) is 0.588. The molecular weight excluding hydrogens is 234 g/mol. The van der Waals surface area contributed by atoms with Gasteiger partial charge in [-0.05, 0) is 36.3 Å². The molecule has 2 rings (SSSR count). The number of hydrogen-bond donors (Lipinski definition) is 0. The standard InChI is InChI=1S/C17H25NO/c1-4-10-18(11-5-2)17(19)16-12-14-8-6-7-9-15(14)13(16)3/h6-9,13,16H,4-5,10-12H2,1-3H3/t13-,16-/m1/s1. The van der Waals surface area contributed by atoms with Crippen molar-refractivity contribution in [2.24, 2.45) is 5.92 Å². The number of fused-ring (bicyclic) bond motifs is 1. The fourth-order valence-electron chi connectivity index (χ4n) is 3.20. The van der Waals surface area contributed by atoms with Crippen LogP contribution in [-0.2, 0) is 11.2 Å². The lowest BCUT2D eigenvalue weighted by Crippen LogP contribution is -2.38. The molecule has 0 N–H and O–H groups in total. The first-order valence-corrected chi connectivity index (χ1v) is 7.55. The molecule has 1 aromatic carbocycles. The summed E-state index contributed by atoms with van der Waals surface area (Å²) in [5.41, 5.74) is 2.73. The maximum atomic E-state index is 12.7. The minimum Gasteiger partial charge on any atom is -0.342 e. The summed E-state index contributed by atoms with van der Waals surface area (Å²) >= 11 is 0. The summed E-state index contributed by atoms with van der Waals surface area (Å²) in [7, 11) is 0. The molecule has 1 aliphatic carbocycles. The Morgan fingerprint density at radius 1 is 1.21 bits per heavy atom. The number of nitrogens with zero attached hydrogens (tertiary/aromatic N) is 1. The lowest BCUT2D eigenvalue weighted by molar-refractivity contribution is -0.136. The first-order chi connectivity index (χ1) is 9.19. The van der Waals surface area contributed by atoms with Gasteiger partial charge in [0.05, 0.1) is 0 Å². The van der Waals surface area contributed by atoms with Gasteiger partial charge in [0.1, 0.15) is 0 Å². The largest absolute Gasteiger partial charge is 0.342 e. The zero-order chi connectivity index (χ0) is 13.8. The Morgan fingerprint density at radius 3 is 2.42 bits per heavy atom. The molecule has 0 unspecified atom stereocenters. The van der Waals surface area contributed by atoms with Gasteiger partial charge in [-0.25, -0.2) is 0 Å². The zero-order valence-electron chi connectivity index (χ0n) is 12.4. The number of rotatable bonds is 5. The van der Waals surface area contributed by atoms with Gasteiger partial charge < -0.3 is 4.90 Å². The van der Waals surface area contributed by atoms with Crippen molar-refractivity contribution in [3.63, 3.8) is 0 Å². The maximum Gasteiger partial charge on any atom is 0.226 e. The molecule has 2 nitrogen and oxygen atoms in total. The second-order valence-corrected chi connectivity index (χ2v) is 5.62. The monoisotopic (exact) mass is 259 g/mol. The Hall–Kier alpha value is -1.31. The molecule has 0 spiro atoms. The number of amides is 1. The van der Waals surface area contributed by atoms with Crippen LogP contribution in [0.3, 0.4) is 0 Å². The summed E-state index contributed by atoms with van der Waals surface area (Å²) in [6, 6.07) is 8.51. The summed E-state index contributed by atoms with van der Waals surface area (Å²) in [4.78, 5) is 14.8. The van der Waals surface area contributed by atoms with E-state index in [2.05, 4.69) is 49.9 Å². The van der Waals surface area contributed by atoms with Crippen LogP contribution in [0.4, 0.5) is 0 Å². The Balaban J connectivity index is 2.13. The normalized spacial score (nSPS) is 21.2. The average molecular weight is 259 g/mol. The third kappa shape index (κ3) is 2.83. The van der Waals surface area contributed by atoms with Crippen LogP contribution >= 0.6 is 0 Å². The summed E-state index contributed by atoms with van der Waals surface area (Å²) < 4.78 is 0. The van der Waals surface area contributed by atoms with Crippen LogP contribution in [0.25, 0.3) is 0 Å². The molecule has 104 valence electrons. The predicted octanol–water partition coefficient (Wildman–Crippen LogP) is 3.61. The van der Waals surface area contributed by atoms with Crippen molar-refractivity contribution in [3.8, 4) is 0 Å². The van der Waals surface area contributed by atoms with Gasteiger partial charge in [0.2, 0.25) is 5.91 Å². The van der Waals surface area contributed by atoms with E-state index in [9.17, 15) is 4.79 Å². The van der Waals surface area contributed by atoms with Gasteiger partial charge in [0, 0.05) is 19.0 Å². The van der Waals surface area contributed by atoms with E-state index < -0.39 is 0 Å². The Morgan fingerprint density at radius 2 is 1.84 bits per heavy atom. The van der Waals surface area contributed by atoms with E-state index in [0.717, 1.165) is 32.4 Å². The lowest BCUT2D eigenvalue weighted by atomic mass is 9.93. The van der Waals surface area contributed by atoms with Crippen molar-refractivity contribution in [2.45, 2.75) is 46.0 Å². The second-order valence-electron chi connectivity index (χ2n) is 5.62. The van der Waals surface area contributed by atoms with E-state index in [0.29, 0.717) is 11.8 Å². The summed E-state index contributed by atoms with van der Waals surface area (Å²) in [6.45, 7) is 8.27. The SMILES string of the molecule is CCCN(CCC)C(=O)[C@@H]1Cc2ccccc2[C@H]1C. The predicted molar refractivity (Wildman–Crippen MR) is 79.2 cm³/mol. The van der Waals surface area contributed by atoms with E-state index in [1.807, 2.05) is 0 Å². The van der Waals surface area contributed by atoms with Gasteiger partial charge in [-0.15, -0.1) is 0 Å². The van der Waals surface area contributed by atoms with Gasteiger partial charge in [-0.3, -0.25) is 4.79 Å². The highest BCUT2D eigenvalue weighted by Gasteiger charge is 2.35. The molecule has 0 aliphatic heterocycles. The van der Waals surface area contributed by atoms with Gasteiger partial charge in [0.25, 0.3) is 0 Å². The van der Waals surface area contributed by atoms with E-state index in [1.54, 1.807) is 0 Å². The number of benzene rings is 1. The van der Waals surface area contributed by atoms with Crippen molar-refractivity contribution in [1.29, 1.82) is 0 Å². The Bertz CT molecular complexity index is 435. The second kappa shape index (κ2) is 6.23. The van der Waals surface area contributed by atoms with E-state index in [-0.39, 0.29) is 5.92 Å². The van der Waals surface area contributed by atoms with Crippen LogP contribution in [0, 0.1) is 5.92 Å². The van der Waals surface area contributed by atoms with Gasteiger partial charge in [-0.2, -0.15) is 0 Å². The molecule has 0 heterocycles. The van der Waals surface area contributed by atoms with Crippen LogP contribution < -0.4 is 0 Å². The molecule has 0 saturated heterocycles. The number of carbonyl (C=O) groups excluding carboxylic acids is 1. The summed E-state index contributed by atoms with van der Waals surface area (Å²) in [5, 5.41) is 0. The topological polar surface area (TPSA) is 20.3 Å². The molecule has 1 aliphatic rings. The van der Waals surface area contributed by atoms with Crippen molar-refractivity contribution >= 4 is 5.91 Å². The molecule has 1 aromatic rings. The van der Waals surface area contributed by atoms with Crippen LogP contribution in [0.1, 0.15) is 50.7 Å². The molecule has 2 atom stereocenters. The quantitative estimate of drug-likeness (QED) is 0.791. The molecule has 0 fully saturated rings. The molecule has 0 bridgehead atoms. The van der Waals surface area contributed by atoms with Gasteiger partial charge in [0.15, 0.2) is 0 Å².